The molecule has 0 bridgehead atoms. The minimum Gasteiger partial charge on any atom is -0.371 e. The highest BCUT2D eigenvalue weighted by atomic mass is 79.9. The van der Waals surface area contributed by atoms with Crippen LogP contribution in [0.4, 0.5) is 5.69 Å². The van der Waals surface area contributed by atoms with Crippen LogP contribution in [-0.4, -0.2) is 20.1 Å². The zero-order valence-electron chi connectivity index (χ0n) is 11.4. The number of hydrogen-bond acceptors (Lipinski definition) is 2. The number of rotatable bonds is 7. The van der Waals surface area contributed by atoms with Gasteiger partial charge in [-0.15, -0.1) is 0 Å². The first-order valence-electron chi connectivity index (χ1n) is 6.92. The molecule has 0 amide bonds. The van der Waals surface area contributed by atoms with Gasteiger partial charge in [0.05, 0.1) is 0 Å². The van der Waals surface area contributed by atoms with Gasteiger partial charge in [0.25, 0.3) is 0 Å². The van der Waals surface area contributed by atoms with Gasteiger partial charge in [-0.3, -0.25) is 0 Å². The van der Waals surface area contributed by atoms with Gasteiger partial charge in [-0.2, -0.15) is 0 Å². The third-order valence-corrected chi connectivity index (χ3v) is 3.92. The molecule has 0 saturated heterocycles. The van der Waals surface area contributed by atoms with E-state index < -0.39 is 0 Å². The molecule has 0 aromatic heterocycles. The van der Waals surface area contributed by atoms with E-state index in [-0.39, 0.29) is 0 Å². The number of halogens is 1. The van der Waals surface area contributed by atoms with Gasteiger partial charge in [-0.1, -0.05) is 28.9 Å². The fourth-order valence-corrected chi connectivity index (χ4v) is 2.71. The summed E-state index contributed by atoms with van der Waals surface area (Å²) >= 11 is 3.60. The van der Waals surface area contributed by atoms with E-state index in [4.69, 9.17) is 0 Å². The maximum atomic E-state index is 3.60. The Morgan fingerprint density at radius 3 is 2.78 bits per heavy atom. The number of hydrogen-bond donors (Lipinski definition) is 1. The van der Waals surface area contributed by atoms with E-state index in [9.17, 15) is 0 Å². The van der Waals surface area contributed by atoms with E-state index in [1.165, 1.54) is 41.5 Å². The summed E-state index contributed by atoms with van der Waals surface area (Å²) in [5.74, 6) is 0.929. The lowest BCUT2D eigenvalue weighted by Crippen LogP contribution is -2.28. The summed E-state index contributed by atoms with van der Waals surface area (Å²) in [5, 5.41) is 3.27. The predicted molar refractivity (Wildman–Crippen MR) is 82.1 cm³/mol. The average molecular weight is 311 g/mol. The average Bonchev–Trinajstić information content (AvgIpc) is 3.15. The third-order valence-electron chi connectivity index (χ3n) is 3.42. The minimum atomic E-state index is 0.929. The van der Waals surface area contributed by atoms with Crippen molar-refractivity contribution in [3.63, 3.8) is 0 Å². The van der Waals surface area contributed by atoms with Crippen LogP contribution in [0.5, 0.6) is 0 Å². The topological polar surface area (TPSA) is 15.3 Å². The van der Waals surface area contributed by atoms with Crippen molar-refractivity contribution in [1.82, 2.24) is 5.32 Å². The molecule has 2 nitrogen and oxygen atoms in total. The first kappa shape index (κ1) is 13.9. The first-order valence-corrected chi connectivity index (χ1v) is 7.72. The van der Waals surface area contributed by atoms with Gasteiger partial charge < -0.3 is 10.2 Å². The van der Waals surface area contributed by atoms with Crippen LogP contribution >= 0.6 is 15.9 Å². The SMILES string of the molecule is CCCN(CC1CC1)c1cc(Br)ccc1CNC. The molecule has 1 aromatic rings. The van der Waals surface area contributed by atoms with E-state index in [1.807, 2.05) is 7.05 Å². The molecule has 100 valence electrons. The second-order valence-corrected chi connectivity index (χ2v) is 6.11. The summed E-state index contributed by atoms with van der Waals surface area (Å²) in [7, 11) is 2.01. The van der Waals surface area contributed by atoms with Crippen molar-refractivity contribution < 1.29 is 0 Å². The van der Waals surface area contributed by atoms with Gasteiger partial charge in [0.15, 0.2) is 0 Å². The summed E-state index contributed by atoms with van der Waals surface area (Å²) in [4.78, 5) is 2.56. The van der Waals surface area contributed by atoms with Crippen LogP contribution in [0.25, 0.3) is 0 Å². The zero-order chi connectivity index (χ0) is 13.0. The molecule has 18 heavy (non-hydrogen) atoms. The van der Waals surface area contributed by atoms with Crippen molar-refractivity contribution in [2.45, 2.75) is 32.7 Å². The molecule has 0 unspecified atom stereocenters. The number of nitrogens with one attached hydrogen (secondary N) is 1. The molecule has 1 fully saturated rings. The second kappa shape index (κ2) is 6.58. The molecule has 0 atom stereocenters. The molecule has 1 aliphatic rings. The van der Waals surface area contributed by atoms with Gasteiger partial charge in [0.1, 0.15) is 0 Å². The number of benzene rings is 1. The first-order chi connectivity index (χ1) is 8.74. The quantitative estimate of drug-likeness (QED) is 0.824. The van der Waals surface area contributed by atoms with Crippen molar-refractivity contribution in [1.29, 1.82) is 0 Å². The van der Waals surface area contributed by atoms with E-state index in [0.29, 0.717) is 0 Å². The smallest absolute Gasteiger partial charge is 0.0423 e. The van der Waals surface area contributed by atoms with Crippen LogP contribution in [-0.2, 0) is 6.54 Å². The highest BCUT2D eigenvalue weighted by Crippen LogP contribution is 2.33. The molecule has 0 spiro atoms. The maximum absolute atomic E-state index is 3.60. The van der Waals surface area contributed by atoms with Crippen LogP contribution in [0.1, 0.15) is 31.7 Å². The molecular formula is C15H23BrN2. The normalized spacial score (nSPS) is 14.8. The van der Waals surface area contributed by atoms with E-state index in [2.05, 4.69) is 51.3 Å². The minimum absolute atomic E-state index is 0.929. The Hall–Kier alpha value is -0.540. The Morgan fingerprint density at radius 1 is 1.39 bits per heavy atom. The lowest BCUT2D eigenvalue weighted by atomic mass is 10.1. The highest BCUT2D eigenvalue weighted by Gasteiger charge is 2.25. The fourth-order valence-electron chi connectivity index (χ4n) is 2.36. The maximum Gasteiger partial charge on any atom is 0.0423 e. The summed E-state index contributed by atoms with van der Waals surface area (Å²) in [6.45, 7) is 5.58. The molecule has 3 heteroatoms. The molecule has 0 aliphatic heterocycles. The lowest BCUT2D eigenvalue weighted by molar-refractivity contribution is 0.699. The Labute approximate surface area is 119 Å². The summed E-state index contributed by atoms with van der Waals surface area (Å²) in [6.07, 6.45) is 4.03. The Balaban J connectivity index is 2.21. The molecule has 1 aromatic carbocycles. The molecule has 1 saturated carbocycles. The number of anilines is 1. The molecule has 1 N–H and O–H groups in total. The van der Waals surface area contributed by atoms with Gasteiger partial charge in [0, 0.05) is 29.8 Å². The fraction of sp³-hybridized carbons (Fsp3) is 0.600. The van der Waals surface area contributed by atoms with E-state index in [0.717, 1.165) is 19.0 Å². The molecule has 0 heterocycles. The van der Waals surface area contributed by atoms with Gasteiger partial charge in [-0.25, -0.2) is 0 Å². The van der Waals surface area contributed by atoms with Crippen molar-refractivity contribution >= 4 is 21.6 Å². The summed E-state index contributed by atoms with van der Waals surface area (Å²) in [5.41, 5.74) is 2.79. The Morgan fingerprint density at radius 2 is 2.17 bits per heavy atom. The van der Waals surface area contributed by atoms with Crippen molar-refractivity contribution in [3.8, 4) is 0 Å². The largest absolute Gasteiger partial charge is 0.371 e. The van der Waals surface area contributed by atoms with Gasteiger partial charge in [-0.05, 0) is 49.9 Å². The Kier molecular flexibility index (Phi) is 5.07. The second-order valence-electron chi connectivity index (χ2n) is 5.19. The molecular weight excluding hydrogens is 288 g/mol. The Bertz CT molecular complexity index is 388. The van der Waals surface area contributed by atoms with Gasteiger partial charge >= 0.3 is 0 Å². The van der Waals surface area contributed by atoms with Crippen LogP contribution in [0.3, 0.4) is 0 Å². The van der Waals surface area contributed by atoms with Crippen molar-refractivity contribution in [3.05, 3.63) is 28.2 Å². The summed E-state index contributed by atoms with van der Waals surface area (Å²) < 4.78 is 1.18. The molecule has 1 aliphatic carbocycles. The number of nitrogens with zero attached hydrogens (tertiary/aromatic N) is 1. The highest BCUT2D eigenvalue weighted by molar-refractivity contribution is 9.10. The molecule has 0 radical (unpaired) electrons. The van der Waals surface area contributed by atoms with E-state index in [1.54, 1.807) is 0 Å². The lowest BCUT2D eigenvalue weighted by Gasteiger charge is -2.27. The van der Waals surface area contributed by atoms with Crippen LogP contribution in [0.15, 0.2) is 22.7 Å². The monoisotopic (exact) mass is 310 g/mol. The van der Waals surface area contributed by atoms with Crippen LogP contribution in [0.2, 0.25) is 0 Å². The van der Waals surface area contributed by atoms with E-state index >= 15 is 0 Å². The van der Waals surface area contributed by atoms with Gasteiger partial charge in [0.2, 0.25) is 0 Å². The third kappa shape index (κ3) is 3.72. The zero-order valence-corrected chi connectivity index (χ0v) is 13.0. The standard InChI is InChI=1S/C15H23BrN2/c1-3-8-18(11-12-4-5-12)15-9-14(16)7-6-13(15)10-17-2/h6-7,9,12,17H,3-5,8,10-11H2,1-2H3. The molecule has 2 rings (SSSR count). The predicted octanol–water partition coefficient (Wildman–Crippen LogP) is 3.79. The van der Waals surface area contributed by atoms with Crippen LogP contribution < -0.4 is 10.2 Å². The van der Waals surface area contributed by atoms with Crippen LogP contribution in [0, 0.1) is 5.92 Å². The van der Waals surface area contributed by atoms with Crippen molar-refractivity contribution in [2.24, 2.45) is 5.92 Å². The van der Waals surface area contributed by atoms with Crippen molar-refractivity contribution in [2.75, 3.05) is 25.0 Å². The summed E-state index contributed by atoms with van der Waals surface area (Å²) in [6, 6.07) is 6.63.